The topological polar surface area (TPSA) is 39.4 Å². The lowest BCUT2D eigenvalue weighted by molar-refractivity contribution is -0.131. The molecule has 0 atom stereocenters. The van der Waals surface area contributed by atoms with Crippen LogP contribution in [0.15, 0.2) is 59.0 Å². The summed E-state index contributed by atoms with van der Waals surface area (Å²) in [5.41, 5.74) is 1.73. The fourth-order valence-electron chi connectivity index (χ4n) is 1.99. The van der Waals surface area contributed by atoms with Crippen LogP contribution in [0.4, 0.5) is 0 Å². The molecule has 19 heavy (non-hydrogen) atoms. The lowest BCUT2D eigenvalue weighted by Gasteiger charge is -1.99. The van der Waals surface area contributed by atoms with Crippen molar-refractivity contribution in [2.24, 2.45) is 0 Å². The SMILES string of the molecule is CC(=O)Oc1ccc2cc(-c3ccccc3)oc2c1. The lowest BCUT2D eigenvalue weighted by atomic mass is 10.1. The molecule has 0 N–H and O–H groups in total. The minimum Gasteiger partial charge on any atom is -0.456 e. The van der Waals surface area contributed by atoms with Crippen LogP contribution in [0.2, 0.25) is 0 Å². The van der Waals surface area contributed by atoms with Crippen molar-refractivity contribution in [3.63, 3.8) is 0 Å². The molecule has 0 radical (unpaired) electrons. The van der Waals surface area contributed by atoms with Gasteiger partial charge < -0.3 is 9.15 Å². The molecule has 0 aliphatic rings. The fourth-order valence-corrected chi connectivity index (χ4v) is 1.99. The van der Waals surface area contributed by atoms with E-state index in [0.717, 1.165) is 16.7 Å². The van der Waals surface area contributed by atoms with Crippen LogP contribution in [0.1, 0.15) is 6.92 Å². The smallest absolute Gasteiger partial charge is 0.308 e. The van der Waals surface area contributed by atoms with Crippen LogP contribution in [0, 0.1) is 0 Å². The molecule has 0 bridgehead atoms. The minimum atomic E-state index is -0.339. The van der Waals surface area contributed by atoms with E-state index < -0.39 is 0 Å². The second-order valence-electron chi connectivity index (χ2n) is 4.27. The predicted octanol–water partition coefficient (Wildman–Crippen LogP) is 4.03. The Labute approximate surface area is 110 Å². The predicted molar refractivity (Wildman–Crippen MR) is 73.0 cm³/mol. The highest BCUT2D eigenvalue weighted by atomic mass is 16.5. The van der Waals surface area contributed by atoms with Crippen LogP contribution in [-0.4, -0.2) is 5.97 Å². The zero-order valence-corrected chi connectivity index (χ0v) is 10.4. The molecular formula is C16H12O3. The van der Waals surface area contributed by atoms with Gasteiger partial charge >= 0.3 is 5.97 Å². The summed E-state index contributed by atoms with van der Waals surface area (Å²) in [5, 5.41) is 0.981. The van der Waals surface area contributed by atoms with E-state index in [9.17, 15) is 4.79 Å². The maximum Gasteiger partial charge on any atom is 0.308 e. The molecule has 0 aliphatic heterocycles. The number of hydrogen-bond donors (Lipinski definition) is 0. The molecule has 0 fully saturated rings. The summed E-state index contributed by atoms with van der Waals surface area (Å²) in [6.45, 7) is 1.38. The Kier molecular flexibility index (Phi) is 2.80. The summed E-state index contributed by atoms with van der Waals surface area (Å²) in [6.07, 6.45) is 0. The van der Waals surface area contributed by atoms with Crippen molar-refractivity contribution in [3.05, 3.63) is 54.6 Å². The van der Waals surface area contributed by atoms with Crippen molar-refractivity contribution in [2.45, 2.75) is 6.92 Å². The Bertz CT molecular complexity index is 726. The number of furan rings is 1. The van der Waals surface area contributed by atoms with Gasteiger partial charge in [-0.3, -0.25) is 4.79 Å². The molecule has 0 saturated heterocycles. The van der Waals surface area contributed by atoms with Gasteiger partial charge in [-0.1, -0.05) is 30.3 Å². The largest absolute Gasteiger partial charge is 0.456 e. The molecule has 0 aliphatic carbocycles. The van der Waals surface area contributed by atoms with Crippen LogP contribution in [0.25, 0.3) is 22.3 Å². The van der Waals surface area contributed by atoms with Gasteiger partial charge in [-0.25, -0.2) is 0 Å². The average Bonchev–Trinajstić information content (AvgIpc) is 2.82. The maximum absolute atomic E-state index is 10.9. The zero-order chi connectivity index (χ0) is 13.2. The second kappa shape index (κ2) is 4.61. The highest BCUT2D eigenvalue weighted by Gasteiger charge is 2.07. The van der Waals surface area contributed by atoms with Crippen LogP contribution >= 0.6 is 0 Å². The Balaban J connectivity index is 2.04. The molecule has 3 aromatic rings. The lowest BCUT2D eigenvalue weighted by Crippen LogP contribution is -2.00. The summed E-state index contributed by atoms with van der Waals surface area (Å²) in [5.74, 6) is 0.957. The first-order valence-electron chi connectivity index (χ1n) is 6.00. The standard InChI is InChI=1S/C16H12O3/c1-11(17)18-14-8-7-13-9-15(19-16(13)10-14)12-5-3-2-4-6-12/h2-10H,1H3. The first-order chi connectivity index (χ1) is 9.22. The fraction of sp³-hybridized carbons (Fsp3) is 0.0625. The molecule has 3 rings (SSSR count). The third kappa shape index (κ3) is 2.36. The molecule has 3 heteroatoms. The Morgan fingerprint density at radius 2 is 1.84 bits per heavy atom. The first-order valence-corrected chi connectivity index (χ1v) is 6.00. The maximum atomic E-state index is 10.9. The number of rotatable bonds is 2. The summed E-state index contributed by atoms with van der Waals surface area (Å²) in [7, 11) is 0. The zero-order valence-electron chi connectivity index (χ0n) is 10.4. The molecular weight excluding hydrogens is 240 g/mol. The average molecular weight is 252 g/mol. The minimum absolute atomic E-state index is 0.339. The van der Waals surface area contributed by atoms with Crippen molar-refractivity contribution < 1.29 is 13.9 Å². The van der Waals surface area contributed by atoms with E-state index in [1.165, 1.54) is 6.92 Å². The van der Waals surface area contributed by atoms with Crippen molar-refractivity contribution in [1.82, 2.24) is 0 Å². The Hall–Kier alpha value is -2.55. The highest BCUT2D eigenvalue weighted by Crippen LogP contribution is 2.30. The highest BCUT2D eigenvalue weighted by molar-refractivity contribution is 5.84. The van der Waals surface area contributed by atoms with Crippen LogP contribution < -0.4 is 4.74 Å². The van der Waals surface area contributed by atoms with Gasteiger partial charge in [0.2, 0.25) is 0 Å². The number of carbonyl (C=O) groups excluding carboxylic acids is 1. The number of hydrogen-bond acceptors (Lipinski definition) is 3. The quantitative estimate of drug-likeness (QED) is 0.510. The van der Waals surface area contributed by atoms with Gasteiger partial charge in [0.1, 0.15) is 17.1 Å². The Morgan fingerprint density at radius 1 is 1.05 bits per heavy atom. The van der Waals surface area contributed by atoms with E-state index in [0.29, 0.717) is 11.3 Å². The number of esters is 1. The third-order valence-electron chi connectivity index (χ3n) is 2.81. The molecule has 94 valence electrons. The summed E-state index contributed by atoms with van der Waals surface area (Å²) >= 11 is 0. The van der Waals surface area contributed by atoms with E-state index in [-0.39, 0.29) is 5.97 Å². The van der Waals surface area contributed by atoms with E-state index in [1.54, 1.807) is 12.1 Å². The molecule has 0 amide bonds. The number of ether oxygens (including phenoxy) is 1. The molecule has 1 aromatic heterocycles. The van der Waals surface area contributed by atoms with Gasteiger partial charge in [0, 0.05) is 23.9 Å². The molecule has 2 aromatic carbocycles. The molecule has 0 spiro atoms. The number of carbonyl (C=O) groups is 1. The first kappa shape index (κ1) is 11.5. The van der Waals surface area contributed by atoms with Crippen LogP contribution in [0.3, 0.4) is 0 Å². The van der Waals surface area contributed by atoms with Gasteiger partial charge in [0.05, 0.1) is 0 Å². The summed E-state index contributed by atoms with van der Waals surface area (Å²) < 4.78 is 10.8. The van der Waals surface area contributed by atoms with Gasteiger partial charge in [-0.05, 0) is 18.2 Å². The summed E-state index contributed by atoms with van der Waals surface area (Å²) in [6, 6.07) is 17.2. The van der Waals surface area contributed by atoms with Gasteiger partial charge in [-0.15, -0.1) is 0 Å². The second-order valence-corrected chi connectivity index (χ2v) is 4.27. The van der Waals surface area contributed by atoms with Crippen LogP contribution in [-0.2, 0) is 4.79 Å². The van der Waals surface area contributed by atoms with Gasteiger partial charge in [-0.2, -0.15) is 0 Å². The molecule has 0 unspecified atom stereocenters. The number of benzene rings is 2. The van der Waals surface area contributed by atoms with E-state index in [4.69, 9.17) is 9.15 Å². The van der Waals surface area contributed by atoms with Crippen molar-refractivity contribution in [3.8, 4) is 17.1 Å². The molecule has 0 saturated carbocycles. The van der Waals surface area contributed by atoms with Gasteiger partial charge in [0.25, 0.3) is 0 Å². The molecule has 1 heterocycles. The number of fused-ring (bicyclic) bond motifs is 1. The van der Waals surface area contributed by atoms with E-state index in [1.807, 2.05) is 42.5 Å². The van der Waals surface area contributed by atoms with Crippen molar-refractivity contribution in [2.75, 3.05) is 0 Å². The summed E-state index contributed by atoms with van der Waals surface area (Å²) in [4.78, 5) is 10.9. The van der Waals surface area contributed by atoms with Crippen molar-refractivity contribution >= 4 is 16.9 Å². The van der Waals surface area contributed by atoms with Crippen LogP contribution in [0.5, 0.6) is 5.75 Å². The van der Waals surface area contributed by atoms with Gasteiger partial charge in [0.15, 0.2) is 0 Å². The third-order valence-corrected chi connectivity index (χ3v) is 2.81. The normalized spacial score (nSPS) is 10.6. The van der Waals surface area contributed by atoms with E-state index >= 15 is 0 Å². The monoisotopic (exact) mass is 252 g/mol. The van der Waals surface area contributed by atoms with E-state index in [2.05, 4.69) is 0 Å². The van der Waals surface area contributed by atoms with Crippen molar-refractivity contribution in [1.29, 1.82) is 0 Å². The Morgan fingerprint density at radius 3 is 2.58 bits per heavy atom. The molecule has 3 nitrogen and oxygen atoms in total.